The molecule has 25 heavy (non-hydrogen) atoms. The molecule has 5 nitrogen and oxygen atoms in total. The molecule has 0 bridgehead atoms. The molecule has 2 heterocycles. The van der Waals surface area contributed by atoms with Crippen LogP contribution >= 0.6 is 11.6 Å². The number of hydrogen-bond donors (Lipinski definition) is 0. The van der Waals surface area contributed by atoms with Crippen LogP contribution in [0.25, 0.3) is 33.5 Å². The van der Waals surface area contributed by atoms with Crippen molar-refractivity contribution in [3.05, 3.63) is 59.6 Å². The molecule has 0 radical (unpaired) electrons. The summed E-state index contributed by atoms with van der Waals surface area (Å²) < 4.78 is 6.92. The molecule has 0 unspecified atom stereocenters. The number of nitrogens with zero attached hydrogens (tertiary/aromatic N) is 4. The zero-order valence-electron chi connectivity index (χ0n) is 13.8. The number of benzene rings is 2. The van der Waals surface area contributed by atoms with E-state index in [4.69, 9.17) is 16.3 Å². The number of methoxy groups -OCH3 is 1. The van der Waals surface area contributed by atoms with Gasteiger partial charge in [0.1, 0.15) is 17.1 Å². The average Bonchev–Trinajstić information content (AvgIpc) is 3.00. The summed E-state index contributed by atoms with van der Waals surface area (Å²) in [6, 6.07) is 17.5. The van der Waals surface area contributed by atoms with Crippen molar-refractivity contribution in [3.8, 4) is 28.3 Å². The maximum atomic E-state index is 6.72. The second-order valence-electron chi connectivity index (χ2n) is 5.63. The molecular formula is C19H15ClN4O. The summed E-state index contributed by atoms with van der Waals surface area (Å²) >= 11 is 6.72. The molecule has 6 heteroatoms. The Morgan fingerprint density at radius 1 is 0.880 bits per heavy atom. The lowest BCUT2D eigenvalue weighted by Gasteiger charge is -2.05. The van der Waals surface area contributed by atoms with E-state index in [1.165, 1.54) is 0 Å². The maximum Gasteiger partial charge on any atom is 0.182 e. The summed E-state index contributed by atoms with van der Waals surface area (Å²) in [6.45, 7) is 0. The van der Waals surface area contributed by atoms with E-state index in [0.29, 0.717) is 16.4 Å². The Morgan fingerprint density at radius 2 is 1.56 bits per heavy atom. The van der Waals surface area contributed by atoms with E-state index < -0.39 is 0 Å². The van der Waals surface area contributed by atoms with Gasteiger partial charge >= 0.3 is 0 Å². The number of hydrogen-bond acceptors (Lipinski definition) is 4. The minimum absolute atomic E-state index is 0.551. The molecule has 2 aromatic carbocycles. The van der Waals surface area contributed by atoms with Gasteiger partial charge in [-0.1, -0.05) is 41.9 Å². The van der Waals surface area contributed by atoms with Crippen molar-refractivity contribution in [3.63, 3.8) is 0 Å². The average molecular weight is 351 g/mol. The molecule has 0 aliphatic carbocycles. The first-order chi connectivity index (χ1) is 12.2. The molecule has 0 aliphatic rings. The summed E-state index contributed by atoms with van der Waals surface area (Å²) in [4.78, 5) is 0. The van der Waals surface area contributed by atoms with Crippen LogP contribution in [-0.4, -0.2) is 27.1 Å². The maximum absolute atomic E-state index is 6.72. The van der Waals surface area contributed by atoms with Gasteiger partial charge < -0.3 is 4.74 Å². The highest BCUT2D eigenvalue weighted by Gasteiger charge is 2.19. The van der Waals surface area contributed by atoms with Gasteiger partial charge in [0.15, 0.2) is 5.65 Å². The second kappa shape index (κ2) is 6.18. The molecule has 0 amide bonds. The monoisotopic (exact) mass is 350 g/mol. The third-order valence-electron chi connectivity index (χ3n) is 4.10. The first kappa shape index (κ1) is 15.6. The van der Waals surface area contributed by atoms with Crippen LogP contribution in [0.4, 0.5) is 0 Å². The normalized spacial score (nSPS) is 11.0. The van der Waals surface area contributed by atoms with Crippen LogP contribution in [0.3, 0.4) is 0 Å². The third kappa shape index (κ3) is 2.62. The first-order valence-corrected chi connectivity index (χ1v) is 8.15. The SMILES string of the molecule is COc1ccc(-c2nn(C)c3nnc(-c4ccccc4)c(Cl)c23)cc1. The van der Waals surface area contributed by atoms with E-state index in [-0.39, 0.29) is 0 Å². The molecule has 2 aromatic heterocycles. The quantitative estimate of drug-likeness (QED) is 0.551. The van der Waals surface area contributed by atoms with E-state index in [1.807, 2.05) is 61.6 Å². The number of rotatable bonds is 3. The van der Waals surface area contributed by atoms with Gasteiger partial charge in [0.05, 0.1) is 17.5 Å². The Kier molecular flexibility index (Phi) is 3.86. The predicted octanol–water partition coefficient (Wildman–Crippen LogP) is 4.36. The van der Waals surface area contributed by atoms with E-state index in [0.717, 1.165) is 28.0 Å². The Hall–Kier alpha value is -2.92. The fraction of sp³-hybridized carbons (Fsp3) is 0.105. The Bertz CT molecular complexity index is 1040. The summed E-state index contributed by atoms with van der Waals surface area (Å²) in [5.74, 6) is 0.792. The van der Waals surface area contributed by atoms with Crippen LogP contribution in [0.5, 0.6) is 5.75 Å². The molecule has 0 fully saturated rings. The van der Waals surface area contributed by atoms with Crippen molar-refractivity contribution >= 4 is 22.6 Å². The lowest BCUT2D eigenvalue weighted by molar-refractivity contribution is 0.415. The standard InChI is InChI=1S/C19H15ClN4O/c1-24-19-15(17(23-24)13-8-10-14(25-2)11-9-13)16(20)18(21-22-19)12-6-4-3-5-7-12/h3-11H,1-2H3. The van der Waals surface area contributed by atoms with Crippen molar-refractivity contribution in [2.24, 2.45) is 7.05 Å². The zero-order valence-corrected chi connectivity index (χ0v) is 14.5. The van der Waals surface area contributed by atoms with Crippen molar-refractivity contribution < 1.29 is 4.74 Å². The van der Waals surface area contributed by atoms with Gasteiger partial charge in [0.25, 0.3) is 0 Å². The van der Waals surface area contributed by atoms with Crippen LogP contribution in [0.1, 0.15) is 0 Å². The van der Waals surface area contributed by atoms with Crippen LogP contribution in [0.15, 0.2) is 54.6 Å². The zero-order chi connectivity index (χ0) is 17.4. The van der Waals surface area contributed by atoms with Crippen molar-refractivity contribution in [2.75, 3.05) is 7.11 Å². The van der Waals surface area contributed by atoms with Crippen LogP contribution in [-0.2, 0) is 7.05 Å². The summed E-state index contributed by atoms with van der Waals surface area (Å²) in [5.41, 5.74) is 3.94. The molecule has 124 valence electrons. The molecule has 0 atom stereocenters. The van der Waals surface area contributed by atoms with Crippen molar-refractivity contribution in [1.29, 1.82) is 0 Å². The van der Waals surface area contributed by atoms with Crippen LogP contribution in [0, 0.1) is 0 Å². The summed E-state index contributed by atoms with van der Waals surface area (Å²) in [6.07, 6.45) is 0. The number of fused-ring (bicyclic) bond motifs is 1. The molecular weight excluding hydrogens is 336 g/mol. The molecule has 0 spiro atoms. The number of ether oxygens (including phenoxy) is 1. The highest BCUT2D eigenvalue weighted by Crippen LogP contribution is 2.37. The van der Waals surface area contributed by atoms with Crippen LogP contribution < -0.4 is 4.74 Å². The van der Waals surface area contributed by atoms with Crippen molar-refractivity contribution in [1.82, 2.24) is 20.0 Å². The first-order valence-electron chi connectivity index (χ1n) is 7.78. The number of aryl methyl sites for hydroxylation is 1. The molecule has 0 saturated heterocycles. The van der Waals surface area contributed by atoms with Gasteiger partial charge in [0, 0.05) is 18.2 Å². The molecule has 4 aromatic rings. The highest BCUT2D eigenvalue weighted by atomic mass is 35.5. The van der Waals surface area contributed by atoms with Gasteiger partial charge in [-0.3, -0.25) is 0 Å². The van der Waals surface area contributed by atoms with E-state index in [1.54, 1.807) is 11.8 Å². The summed E-state index contributed by atoms with van der Waals surface area (Å²) in [5, 5.41) is 14.6. The minimum atomic E-state index is 0.551. The fourth-order valence-corrected chi connectivity index (χ4v) is 3.14. The van der Waals surface area contributed by atoms with Crippen LogP contribution in [0.2, 0.25) is 5.02 Å². The predicted molar refractivity (Wildman–Crippen MR) is 98.7 cm³/mol. The largest absolute Gasteiger partial charge is 0.497 e. The Labute approximate surface area is 149 Å². The highest BCUT2D eigenvalue weighted by molar-refractivity contribution is 6.38. The fourth-order valence-electron chi connectivity index (χ4n) is 2.82. The van der Waals surface area contributed by atoms with E-state index in [2.05, 4.69) is 15.3 Å². The van der Waals surface area contributed by atoms with Gasteiger partial charge in [-0.25, -0.2) is 4.68 Å². The minimum Gasteiger partial charge on any atom is -0.497 e. The molecule has 0 saturated carbocycles. The Morgan fingerprint density at radius 3 is 2.24 bits per heavy atom. The smallest absolute Gasteiger partial charge is 0.182 e. The lowest BCUT2D eigenvalue weighted by Crippen LogP contribution is -1.95. The van der Waals surface area contributed by atoms with E-state index in [9.17, 15) is 0 Å². The van der Waals surface area contributed by atoms with Gasteiger partial charge in [-0.15, -0.1) is 10.2 Å². The Balaban J connectivity index is 1.96. The third-order valence-corrected chi connectivity index (χ3v) is 4.47. The second-order valence-corrected chi connectivity index (χ2v) is 6.01. The number of aromatic nitrogens is 4. The molecule has 0 N–H and O–H groups in total. The van der Waals surface area contributed by atoms with E-state index >= 15 is 0 Å². The van der Waals surface area contributed by atoms with Gasteiger partial charge in [0.2, 0.25) is 0 Å². The number of halogens is 1. The lowest BCUT2D eigenvalue weighted by atomic mass is 10.1. The molecule has 4 rings (SSSR count). The van der Waals surface area contributed by atoms with Gasteiger partial charge in [-0.2, -0.15) is 5.10 Å². The van der Waals surface area contributed by atoms with Gasteiger partial charge in [-0.05, 0) is 24.3 Å². The molecule has 0 aliphatic heterocycles. The van der Waals surface area contributed by atoms with Crippen molar-refractivity contribution in [2.45, 2.75) is 0 Å². The summed E-state index contributed by atoms with van der Waals surface area (Å²) in [7, 11) is 3.48. The topological polar surface area (TPSA) is 52.8 Å².